The number of furan rings is 1. The molecule has 0 fully saturated rings. The smallest absolute Gasteiger partial charge is 0.227 e. The monoisotopic (exact) mass is 270 g/mol. The number of carbonyl (C=O) groups excluding carboxylic acids is 1. The second-order valence-electron chi connectivity index (χ2n) is 3.40. The third-order valence-electron chi connectivity index (χ3n) is 2.09. The molecule has 0 unspecified atom stereocenters. The van der Waals surface area contributed by atoms with E-state index in [4.69, 9.17) is 16.0 Å². The Morgan fingerprint density at radius 1 is 1.59 bits per heavy atom. The first-order valence-corrected chi connectivity index (χ1v) is 6.47. The van der Waals surface area contributed by atoms with Crippen molar-refractivity contribution in [2.24, 2.45) is 0 Å². The minimum absolute atomic E-state index is 0.0723. The van der Waals surface area contributed by atoms with Gasteiger partial charge < -0.3 is 9.73 Å². The van der Waals surface area contributed by atoms with Gasteiger partial charge in [-0.3, -0.25) is 4.79 Å². The zero-order valence-corrected chi connectivity index (χ0v) is 10.6. The van der Waals surface area contributed by atoms with Crippen molar-refractivity contribution < 1.29 is 9.21 Å². The van der Waals surface area contributed by atoms with Crippen molar-refractivity contribution in [1.82, 2.24) is 10.3 Å². The Kier molecular flexibility index (Phi) is 4.17. The quantitative estimate of drug-likeness (QED) is 0.849. The van der Waals surface area contributed by atoms with Gasteiger partial charge in [0, 0.05) is 5.38 Å². The summed E-state index contributed by atoms with van der Waals surface area (Å²) in [6.45, 7) is 0.402. The number of alkyl halides is 1. The summed E-state index contributed by atoms with van der Waals surface area (Å²) in [7, 11) is 0. The molecule has 0 atom stereocenters. The molecule has 0 aliphatic carbocycles. The Balaban J connectivity index is 1.81. The van der Waals surface area contributed by atoms with Gasteiger partial charge in [0.1, 0.15) is 10.8 Å². The van der Waals surface area contributed by atoms with Crippen molar-refractivity contribution in [3.8, 4) is 0 Å². The van der Waals surface area contributed by atoms with Crippen molar-refractivity contribution in [2.45, 2.75) is 18.8 Å². The van der Waals surface area contributed by atoms with Crippen LogP contribution in [0.5, 0.6) is 0 Å². The lowest BCUT2D eigenvalue weighted by Crippen LogP contribution is -2.24. The Morgan fingerprint density at radius 2 is 2.47 bits per heavy atom. The van der Waals surface area contributed by atoms with Gasteiger partial charge in [0.15, 0.2) is 0 Å². The summed E-state index contributed by atoms with van der Waals surface area (Å²) in [5.41, 5.74) is 0.811. The van der Waals surface area contributed by atoms with E-state index < -0.39 is 0 Å². The molecule has 0 aliphatic heterocycles. The van der Waals surface area contributed by atoms with Gasteiger partial charge in [0.25, 0.3) is 0 Å². The minimum Gasteiger partial charge on any atom is -0.467 e. The summed E-state index contributed by atoms with van der Waals surface area (Å²) in [5, 5.41) is 5.40. The SMILES string of the molecule is O=C(Cc1nc(CCl)cs1)NCc1ccco1. The standard InChI is InChI=1S/C11H11ClN2O2S/c12-5-8-7-17-11(14-8)4-10(15)13-6-9-2-1-3-16-9/h1-3,7H,4-6H2,(H,13,15). The van der Waals surface area contributed by atoms with Gasteiger partial charge in [-0.2, -0.15) is 0 Å². The van der Waals surface area contributed by atoms with Crippen molar-refractivity contribution in [1.29, 1.82) is 0 Å². The first-order chi connectivity index (χ1) is 8.28. The molecule has 0 radical (unpaired) electrons. The van der Waals surface area contributed by atoms with E-state index in [-0.39, 0.29) is 12.3 Å². The summed E-state index contributed by atoms with van der Waals surface area (Å²) in [5.74, 6) is 1.04. The lowest BCUT2D eigenvalue weighted by molar-refractivity contribution is -0.120. The van der Waals surface area contributed by atoms with Crippen molar-refractivity contribution >= 4 is 28.8 Å². The Hall–Kier alpha value is -1.33. The van der Waals surface area contributed by atoms with Crippen LogP contribution in [0.3, 0.4) is 0 Å². The number of hydrogen-bond donors (Lipinski definition) is 1. The van der Waals surface area contributed by atoms with Crippen LogP contribution in [0.1, 0.15) is 16.5 Å². The summed E-state index contributed by atoms with van der Waals surface area (Å²) < 4.78 is 5.11. The van der Waals surface area contributed by atoms with Gasteiger partial charge in [-0.15, -0.1) is 22.9 Å². The summed E-state index contributed by atoms with van der Waals surface area (Å²) >= 11 is 7.08. The summed E-state index contributed by atoms with van der Waals surface area (Å²) in [6, 6.07) is 3.60. The molecule has 90 valence electrons. The molecule has 4 nitrogen and oxygen atoms in total. The van der Waals surface area contributed by atoms with E-state index in [1.165, 1.54) is 11.3 Å². The molecule has 0 saturated heterocycles. The number of amides is 1. The molecule has 1 N–H and O–H groups in total. The molecule has 2 rings (SSSR count). The fraction of sp³-hybridized carbons (Fsp3) is 0.273. The fourth-order valence-electron chi connectivity index (χ4n) is 1.29. The van der Waals surface area contributed by atoms with Crippen LogP contribution in [-0.4, -0.2) is 10.9 Å². The van der Waals surface area contributed by atoms with E-state index in [1.807, 2.05) is 11.4 Å². The van der Waals surface area contributed by atoms with Crippen LogP contribution in [0.4, 0.5) is 0 Å². The van der Waals surface area contributed by atoms with Gasteiger partial charge in [0.05, 0.1) is 30.8 Å². The third-order valence-corrected chi connectivity index (χ3v) is 3.26. The highest BCUT2D eigenvalue weighted by Crippen LogP contribution is 2.12. The van der Waals surface area contributed by atoms with Gasteiger partial charge in [0.2, 0.25) is 5.91 Å². The Labute approximate surface area is 108 Å². The minimum atomic E-state index is -0.0723. The zero-order chi connectivity index (χ0) is 12.1. The van der Waals surface area contributed by atoms with E-state index >= 15 is 0 Å². The number of nitrogens with zero attached hydrogens (tertiary/aromatic N) is 1. The van der Waals surface area contributed by atoms with Crippen molar-refractivity contribution in [3.63, 3.8) is 0 Å². The molecular weight excluding hydrogens is 260 g/mol. The number of aromatic nitrogens is 1. The van der Waals surface area contributed by atoms with Crippen LogP contribution in [0.25, 0.3) is 0 Å². The lowest BCUT2D eigenvalue weighted by atomic mass is 10.4. The molecule has 0 spiro atoms. The second-order valence-corrected chi connectivity index (χ2v) is 4.61. The molecule has 0 aliphatic rings. The van der Waals surface area contributed by atoms with E-state index in [9.17, 15) is 4.79 Å². The highest BCUT2D eigenvalue weighted by Gasteiger charge is 2.07. The Morgan fingerprint density at radius 3 is 3.12 bits per heavy atom. The van der Waals surface area contributed by atoms with Crippen molar-refractivity contribution in [2.75, 3.05) is 0 Å². The van der Waals surface area contributed by atoms with Gasteiger partial charge in [-0.1, -0.05) is 0 Å². The van der Waals surface area contributed by atoms with Crippen molar-refractivity contribution in [3.05, 3.63) is 40.2 Å². The van der Waals surface area contributed by atoms with E-state index in [2.05, 4.69) is 10.3 Å². The number of rotatable bonds is 5. The fourth-order valence-corrected chi connectivity index (χ4v) is 2.31. The molecule has 2 heterocycles. The normalized spacial score (nSPS) is 10.4. The second kappa shape index (κ2) is 5.84. The molecule has 6 heteroatoms. The number of carbonyl (C=O) groups is 1. The Bertz CT molecular complexity index is 481. The molecule has 0 saturated carbocycles. The molecule has 2 aromatic heterocycles. The van der Waals surface area contributed by atoms with Gasteiger partial charge >= 0.3 is 0 Å². The molecule has 0 bridgehead atoms. The van der Waals surface area contributed by atoms with Crippen LogP contribution in [0.15, 0.2) is 28.2 Å². The average Bonchev–Trinajstić information content (AvgIpc) is 2.97. The van der Waals surface area contributed by atoms with Gasteiger partial charge in [-0.25, -0.2) is 4.98 Å². The number of thiazole rings is 1. The van der Waals surface area contributed by atoms with Crippen LogP contribution < -0.4 is 5.32 Å². The van der Waals surface area contributed by atoms with Crippen LogP contribution in [0.2, 0.25) is 0 Å². The molecule has 17 heavy (non-hydrogen) atoms. The molecule has 0 aromatic carbocycles. The highest BCUT2D eigenvalue weighted by atomic mass is 35.5. The van der Waals surface area contributed by atoms with E-state index in [0.29, 0.717) is 12.4 Å². The lowest BCUT2D eigenvalue weighted by Gasteiger charge is -2.00. The topological polar surface area (TPSA) is 55.1 Å². The van der Waals surface area contributed by atoms with Gasteiger partial charge in [-0.05, 0) is 12.1 Å². The third kappa shape index (κ3) is 3.57. The molecule has 2 aromatic rings. The zero-order valence-electron chi connectivity index (χ0n) is 8.98. The highest BCUT2D eigenvalue weighted by molar-refractivity contribution is 7.09. The summed E-state index contributed by atoms with van der Waals surface area (Å²) in [6.07, 6.45) is 1.86. The van der Waals surface area contributed by atoms with Crippen LogP contribution in [0, 0.1) is 0 Å². The number of halogens is 1. The maximum absolute atomic E-state index is 11.6. The first-order valence-electron chi connectivity index (χ1n) is 5.06. The van der Waals surface area contributed by atoms with Crippen LogP contribution >= 0.6 is 22.9 Å². The maximum Gasteiger partial charge on any atom is 0.227 e. The molecular formula is C11H11ClN2O2S. The summed E-state index contributed by atoms with van der Waals surface area (Å²) in [4.78, 5) is 15.8. The average molecular weight is 271 g/mol. The van der Waals surface area contributed by atoms with E-state index in [0.717, 1.165) is 16.5 Å². The maximum atomic E-state index is 11.6. The predicted molar refractivity (Wildman–Crippen MR) is 65.9 cm³/mol. The van der Waals surface area contributed by atoms with E-state index in [1.54, 1.807) is 12.3 Å². The number of hydrogen-bond acceptors (Lipinski definition) is 4. The largest absolute Gasteiger partial charge is 0.467 e. The molecule has 1 amide bonds. The van der Waals surface area contributed by atoms with Crippen LogP contribution in [-0.2, 0) is 23.6 Å². The predicted octanol–water partition coefficient (Wildman–Crippen LogP) is 2.33. The first kappa shape index (κ1) is 12.1. The number of nitrogens with one attached hydrogen (secondary N) is 1.